The Bertz CT molecular complexity index is 2000. The third-order valence-electron chi connectivity index (χ3n) is 7.63. The fraction of sp³-hybridized carbons (Fsp3) is 0.171. The molecule has 1 atom stereocenters. The predicted molar refractivity (Wildman–Crippen MR) is 182 cm³/mol. The van der Waals surface area contributed by atoms with E-state index in [1.807, 2.05) is 23.0 Å². The number of nitriles is 1. The van der Waals surface area contributed by atoms with Crippen molar-refractivity contribution in [3.05, 3.63) is 136 Å². The molecule has 0 aliphatic heterocycles. The molecular weight excluding hydrogens is 648 g/mol. The molecule has 0 aliphatic rings. The molecule has 0 fully saturated rings. The van der Waals surface area contributed by atoms with E-state index >= 15 is 0 Å². The van der Waals surface area contributed by atoms with E-state index in [0.29, 0.717) is 40.6 Å². The molecule has 2 aromatic heterocycles. The van der Waals surface area contributed by atoms with E-state index in [4.69, 9.17) is 9.68 Å². The Labute approximate surface area is 284 Å². The molecule has 14 heteroatoms. The molecule has 49 heavy (non-hydrogen) atoms. The minimum absolute atomic E-state index is 0.0417. The van der Waals surface area contributed by atoms with Gasteiger partial charge >= 0.3 is 5.97 Å². The molecule has 0 spiro atoms. The van der Waals surface area contributed by atoms with Crippen molar-refractivity contribution in [3.8, 4) is 17.4 Å². The van der Waals surface area contributed by atoms with E-state index in [1.54, 1.807) is 55.0 Å². The summed E-state index contributed by atoms with van der Waals surface area (Å²) in [7, 11) is 0. The lowest BCUT2D eigenvalue weighted by atomic mass is 10.1. The number of furan rings is 1. The molecule has 3 aromatic carbocycles. The minimum Gasteiger partial charge on any atom is -0.480 e. The number of nitro groups is 1. The van der Waals surface area contributed by atoms with Crippen LogP contribution in [0, 0.1) is 21.4 Å². The minimum atomic E-state index is -1.13. The van der Waals surface area contributed by atoms with Crippen LogP contribution in [0.3, 0.4) is 0 Å². The molecule has 2 amide bonds. The third kappa shape index (κ3) is 8.40. The van der Waals surface area contributed by atoms with Crippen LogP contribution < -0.4 is 10.2 Å². The molecule has 5 rings (SSSR count). The molecule has 13 nitrogen and oxygen atoms in total. The Morgan fingerprint density at radius 2 is 1.78 bits per heavy atom. The van der Waals surface area contributed by atoms with Gasteiger partial charge in [0.1, 0.15) is 11.8 Å². The van der Waals surface area contributed by atoms with Crippen molar-refractivity contribution < 1.29 is 28.8 Å². The average molecular weight is 679 g/mol. The van der Waals surface area contributed by atoms with Gasteiger partial charge in [-0.3, -0.25) is 19.7 Å². The highest BCUT2D eigenvalue weighted by Crippen LogP contribution is 2.28. The molecule has 2 N–H and O–H groups in total. The average Bonchev–Trinajstić information content (AvgIpc) is 3.79. The van der Waals surface area contributed by atoms with E-state index in [-0.39, 0.29) is 30.0 Å². The SMILES string of the molecule is CSCCC(NC(=O)c1ccc(-c2ccc(N(Cc3cncn3Cc3ccc(C#N)cc3)C(=O)c3ccc([N+](=O)[O-])cc3)cc2)o1)C(=O)O. The van der Waals surface area contributed by atoms with Crippen LogP contribution in [0.1, 0.15) is 44.2 Å². The number of aliphatic carboxylic acids is 1. The maximum absolute atomic E-state index is 13.9. The van der Waals surface area contributed by atoms with Crippen molar-refractivity contribution in [3.63, 3.8) is 0 Å². The predicted octanol–water partition coefficient (Wildman–Crippen LogP) is 5.75. The zero-order valence-corrected chi connectivity index (χ0v) is 27.0. The number of carbonyl (C=O) groups excluding carboxylic acids is 2. The fourth-order valence-corrected chi connectivity index (χ4v) is 5.44. The van der Waals surface area contributed by atoms with Gasteiger partial charge in [0, 0.05) is 41.7 Å². The number of thioether (sulfide) groups is 1. The largest absolute Gasteiger partial charge is 0.480 e. The number of anilines is 1. The quantitative estimate of drug-likeness (QED) is 0.108. The number of hydrogen-bond acceptors (Lipinski definition) is 9. The van der Waals surface area contributed by atoms with Gasteiger partial charge in [-0.25, -0.2) is 9.78 Å². The molecule has 0 bridgehead atoms. The number of hydrogen-bond donors (Lipinski definition) is 2. The lowest BCUT2D eigenvalue weighted by Gasteiger charge is -2.24. The fourth-order valence-electron chi connectivity index (χ4n) is 4.97. The van der Waals surface area contributed by atoms with E-state index in [2.05, 4.69) is 16.4 Å². The van der Waals surface area contributed by atoms with Crippen LogP contribution >= 0.6 is 11.8 Å². The molecule has 0 saturated carbocycles. The van der Waals surface area contributed by atoms with Gasteiger partial charge in [-0.2, -0.15) is 17.0 Å². The number of rotatable bonds is 14. The van der Waals surface area contributed by atoms with Crippen LogP contribution in [0.2, 0.25) is 0 Å². The summed E-state index contributed by atoms with van der Waals surface area (Å²) >= 11 is 1.48. The number of non-ortho nitro benzene ring substituents is 1. The van der Waals surface area contributed by atoms with Gasteiger partial charge in [0.25, 0.3) is 17.5 Å². The normalized spacial score (nSPS) is 11.3. The van der Waals surface area contributed by atoms with Gasteiger partial charge in [-0.1, -0.05) is 12.1 Å². The van der Waals surface area contributed by atoms with Crippen LogP contribution in [0.5, 0.6) is 0 Å². The molecule has 0 aliphatic carbocycles. The number of nitro benzene ring substituents is 1. The Balaban J connectivity index is 1.39. The van der Waals surface area contributed by atoms with E-state index in [1.165, 1.54) is 47.0 Å². The summed E-state index contributed by atoms with van der Waals surface area (Å²) in [4.78, 5) is 54.7. The second-order valence-electron chi connectivity index (χ2n) is 10.9. The monoisotopic (exact) mass is 678 g/mol. The highest BCUT2D eigenvalue weighted by atomic mass is 32.2. The van der Waals surface area contributed by atoms with Gasteiger partial charge in [-0.05, 0) is 84.7 Å². The van der Waals surface area contributed by atoms with Gasteiger partial charge in [-0.15, -0.1) is 0 Å². The number of amides is 2. The maximum Gasteiger partial charge on any atom is 0.326 e. The number of nitrogens with one attached hydrogen (secondary N) is 1. The van der Waals surface area contributed by atoms with Gasteiger partial charge in [0.15, 0.2) is 5.76 Å². The summed E-state index contributed by atoms with van der Waals surface area (Å²) in [5.41, 5.74) is 3.41. The molecule has 0 radical (unpaired) electrons. The highest BCUT2D eigenvalue weighted by molar-refractivity contribution is 7.98. The van der Waals surface area contributed by atoms with Crippen LogP contribution in [-0.4, -0.2) is 55.4 Å². The summed E-state index contributed by atoms with van der Waals surface area (Å²) in [6, 6.07) is 23.5. The first-order valence-electron chi connectivity index (χ1n) is 14.9. The first-order valence-corrected chi connectivity index (χ1v) is 16.3. The summed E-state index contributed by atoms with van der Waals surface area (Å²) in [6.45, 7) is 0.552. The Morgan fingerprint density at radius 3 is 2.41 bits per heavy atom. The Hall–Kier alpha value is -6.20. The summed E-state index contributed by atoms with van der Waals surface area (Å²) < 4.78 is 7.65. The van der Waals surface area contributed by atoms with Crippen LogP contribution in [0.4, 0.5) is 11.4 Å². The molecular formula is C35H30N6O7S. The number of carbonyl (C=O) groups is 3. The van der Waals surface area contributed by atoms with Crippen molar-refractivity contribution in [1.29, 1.82) is 5.26 Å². The number of imidazole rings is 1. The smallest absolute Gasteiger partial charge is 0.326 e. The summed E-state index contributed by atoms with van der Waals surface area (Å²) in [5, 5.41) is 32.3. The number of nitrogens with zero attached hydrogens (tertiary/aromatic N) is 5. The van der Waals surface area contributed by atoms with Gasteiger partial charge < -0.3 is 24.3 Å². The zero-order valence-electron chi connectivity index (χ0n) is 26.2. The number of carboxylic acid groups (broad SMARTS) is 1. The molecule has 1 unspecified atom stereocenters. The molecule has 248 valence electrons. The van der Waals surface area contributed by atoms with Crippen molar-refractivity contribution in [2.24, 2.45) is 0 Å². The topological polar surface area (TPSA) is 185 Å². The third-order valence-corrected chi connectivity index (χ3v) is 8.28. The van der Waals surface area contributed by atoms with E-state index in [0.717, 1.165) is 5.56 Å². The van der Waals surface area contributed by atoms with Crippen molar-refractivity contribution in [2.75, 3.05) is 16.9 Å². The number of benzene rings is 3. The second-order valence-corrected chi connectivity index (χ2v) is 11.9. The number of aromatic nitrogens is 2. The first kappa shape index (κ1) is 34.1. The standard InChI is InChI=1S/C35H30N6O7S/c1-49-17-16-30(35(44)45)38-33(42)32-15-14-31(48-32)25-6-10-27(11-7-25)40(34(43)26-8-12-28(13-9-26)41(46)47)21-29-19-37-22-39(29)20-24-4-2-23(18-36)3-5-24/h2-15,19,22,30H,16-17,20-21H2,1H3,(H,38,42)(H,44,45). The van der Waals surface area contributed by atoms with E-state index in [9.17, 15) is 29.6 Å². The Morgan fingerprint density at radius 1 is 1.06 bits per heavy atom. The summed E-state index contributed by atoms with van der Waals surface area (Å²) in [5.74, 6) is -1.29. The van der Waals surface area contributed by atoms with E-state index < -0.39 is 28.7 Å². The van der Waals surface area contributed by atoms with Crippen molar-refractivity contribution in [2.45, 2.75) is 25.6 Å². The van der Waals surface area contributed by atoms with Crippen LogP contribution in [-0.2, 0) is 17.9 Å². The van der Waals surface area contributed by atoms with Crippen molar-refractivity contribution in [1.82, 2.24) is 14.9 Å². The lowest BCUT2D eigenvalue weighted by molar-refractivity contribution is -0.384. The summed E-state index contributed by atoms with van der Waals surface area (Å²) in [6.07, 6.45) is 5.42. The molecule has 0 saturated heterocycles. The first-order chi connectivity index (χ1) is 23.7. The van der Waals surface area contributed by atoms with Crippen molar-refractivity contribution >= 4 is 40.9 Å². The molecule has 5 aromatic rings. The Kier molecular flexibility index (Phi) is 10.9. The number of carboxylic acids is 1. The van der Waals surface area contributed by atoms with Crippen LogP contribution in [0.25, 0.3) is 11.3 Å². The zero-order chi connectivity index (χ0) is 34.9. The second kappa shape index (κ2) is 15.6. The highest BCUT2D eigenvalue weighted by Gasteiger charge is 2.24. The maximum atomic E-state index is 13.9. The van der Waals surface area contributed by atoms with Gasteiger partial charge in [0.2, 0.25) is 0 Å². The van der Waals surface area contributed by atoms with Gasteiger partial charge in [0.05, 0.1) is 35.1 Å². The molecule has 2 heterocycles. The van der Waals surface area contributed by atoms with Crippen LogP contribution in [0.15, 0.2) is 102 Å². The lowest BCUT2D eigenvalue weighted by Crippen LogP contribution is -2.41.